The highest BCUT2D eigenvalue weighted by Gasteiger charge is 2.36. The summed E-state index contributed by atoms with van der Waals surface area (Å²) in [6.45, 7) is -0.397. The molecule has 3 heterocycles. The van der Waals surface area contributed by atoms with Crippen LogP contribution in [0.25, 0.3) is 11.2 Å². The van der Waals surface area contributed by atoms with E-state index in [1.54, 1.807) is 24.3 Å². The number of nitrogens with two attached hydrogens (primary N) is 1. The van der Waals surface area contributed by atoms with Crippen LogP contribution >= 0.6 is 0 Å². The number of H-pyrrole nitrogens is 1. The molecule has 1 fully saturated rings. The van der Waals surface area contributed by atoms with Crippen molar-refractivity contribution in [3.63, 3.8) is 0 Å². The van der Waals surface area contributed by atoms with E-state index < -0.39 is 30.0 Å². The molecule has 0 radical (unpaired) electrons. The molecule has 1 aliphatic rings. The molecule has 11 nitrogen and oxygen atoms in total. The van der Waals surface area contributed by atoms with Crippen molar-refractivity contribution in [2.45, 2.75) is 24.9 Å². The Kier molecular flexibility index (Phi) is 5.14. The lowest BCUT2D eigenvalue weighted by Crippen LogP contribution is -2.29. The van der Waals surface area contributed by atoms with E-state index >= 15 is 0 Å². The Morgan fingerprint density at radius 1 is 1.38 bits per heavy atom. The van der Waals surface area contributed by atoms with Crippen molar-refractivity contribution >= 4 is 23.1 Å². The number of anilines is 1. The molecule has 1 aromatic carbocycles. The SMILES string of the molecule is Nc1nc2c(ncn2[C@@H]2C[C@H](O)[C@H](COC(=O)COc3ccccc3)O2)c(=O)[nH]1. The van der Waals surface area contributed by atoms with E-state index in [1.807, 2.05) is 6.07 Å². The highest BCUT2D eigenvalue weighted by atomic mass is 16.6. The van der Waals surface area contributed by atoms with Crippen LogP contribution in [0.3, 0.4) is 0 Å². The van der Waals surface area contributed by atoms with Gasteiger partial charge in [0.05, 0.1) is 12.4 Å². The van der Waals surface area contributed by atoms with Crippen LogP contribution in [0.4, 0.5) is 5.95 Å². The highest BCUT2D eigenvalue weighted by Crippen LogP contribution is 2.30. The number of rotatable bonds is 6. The van der Waals surface area contributed by atoms with Crippen LogP contribution in [0, 0.1) is 0 Å². The first-order chi connectivity index (χ1) is 14.0. The van der Waals surface area contributed by atoms with E-state index in [1.165, 1.54) is 10.9 Å². The van der Waals surface area contributed by atoms with Crippen LogP contribution < -0.4 is 16.0 Å². The van der Waals surface area contributed by atoms with Crippen LogP contribution in [0.2, 0.25) is 0 Å². The maximum Gasteiger partial charge on any atom is 0.344 e. The van der Waals surface area contributed by atoms with Gasteiger partial charge in [-0.3, -0.25) is 14.3 Å². The summed E-state index contributed by atoms with van der Waals surface area (Å²) in [5.74, 6) is -0.0794. The molecule has 2 aromatic heterocycles. The monoisotopic (exact) mass is 401 g/mol. The number of imidazole rings is 1. The minimum Gasteiger partial charge on any atom is -0.482 e. The Balaban J connectivity index is 1.35. The summed E-state index contributed by atoms with van der Waals surface area (Å²) < 4.78 is 17.8. The first kappa shape index (κ1) is 18.9. The summed E-state index contributed by atoms with van der Waals surface area (Å²) in [4.78, 5) is 34.2. The van der Waals surface area contributed by atoms with E-state index in [0.29, 0.717) is 5.75 Å². The fourth-order valence-electron chi connectivity index (χ4n) is 3.07. The molecule has 0 bridgehead atoms. The molecule has 152 valence electrons. The number of fused-ring (bicyclic) bond motifs is 1. The summed E-state index contributed by atoms with van der Waals surface area (Å²) in [6.07, 6.45) is -0.640. The molecular weight excluding hydrogens is 382 g/mol. The van der Waals surface area contributed by atoms with E-state index in [4.69, 9.17) is 19.9 Å². The van der Waals surface area contributed by atoms with Gasteiger partial charge in [0, 0.05) is 6.42 Å². The molecule has 11 heteroatoms. The fourth-order valence-corrected chi connectivity index (χ4v) is 3.07. The lowest BCUT2D eigenvalue weighted by Gasteiger charge is -2.16. The Labute approximate surface area is 164 Å². The van der Waals surface area contributed by atoms with Crippen LogP contribution in [0.1, 0.15) is 12.6 Å². The van der Waals surface area contributed by atoms with Crippen LogP contribution in [-0.4, -0.2) is 56.0 Å². The Bertz CT molecular complexity index is 1070. The zero-order valence-electron chi connectivity index (χ0n) is 15.2. The van der Waals surface area contributed by atoms with Crippen molar-refractivity contribution in [3.05, 3.63) is 47.0 Å². The number of carbonyl (C=O) groups excluding carboxylic acids is 1. The van der Waals surface area contributed by atoms with Gasteiger partial charge in [0.15, 0.2) is 17.8 Å². The summed E-state index contributed by atoms with van der Waals surface area (Å²) in [5.41, 5.74) is 5.49. The maximum atomic E-state index is 11.9. The number of benzene rings is 1. The second-order valence-electron chi connectivity index (χ2n) is 6.49. The summed E-state index contributed by atoms with van der Waals surface area (Å²) in [7, 11) is 0. The van der Waals surface area contributed by atoms with Crippen LogP contribution in [0.5, 0.6) is 5.75 Å². The molecule has 29 heavy (non-hydrogen) atoms. The van der Waals surface area contributed by atoms with Crippen LogP contribution in [0.15, 0.2) is 41.5 Å². The van der Waals surface area contributed by atoms with Gasteiger partial charge in [0.25, 0.3) is 5.56 Å². The Morgan fingerprint density at radius 2 is 2.17 bits per heavy atom. The van der Waals surface area contributed by atoms with E-state index in [9.17, 15) is 14.7 Å². The topological polar surface area (TPSA) is 155 Å². The number of nitrogens with one attached hydrogen (secondary N) is 1. The maximum absolute atomic E-state index is 11.9. The molecule has 4 rings (SSSR count). The summed E-state index contributed by atoms with van der Waals surface area (Å²) >= 11 is 0. The molecule has 1 aliphatic heterocycles. The normalized spacial score (nSPS) is 21.3. The van der Waals surface area contributed by atoms with Gasteiger partial charge in [0.2, 0.25) is 5.95 Å². The van der Waals surface area contributed by atoms with Gasteiger partial charge in [-0.15, -0.1) is 0 Å². The van der Waals surface area contributed by atoms with Crippen molar-refractivity contribution in [1.29, 1.82) is 0 Å². The predicted octanol–water partition coefficient (Wildman–Crippen LogP) is -0.0276. The minimum absolute atomic E-state index is 0.0494. The molecule has 0 spiro atoms. The molecule has 0 saturated carbocycles. The number of para-hydroxylation sites is 1. The predicted molar refractivity (Wildman–Crippen MR) is 100.0 cm³/mol. The van der Waals surface area contributed by atoms with Crippen LogP contribution in [-0.2, 0) is 14.3 Å². The number of aliphatic hydroxyl groups is 1. The van der Waals surface area contributed by atoms with Crippen molar-refractivity contribution in [3.8, 4) is 5.75 Å². The molecule has 3 atom stereocenters. The molecule has 0 unspecified atom stereocenters. The number of hydrogen-bond acceptors (Lipinski definition) is 9. The molecule has 0 amide bonds. The van der Waals surface area contributed by atoms with Crippen molar-refractivity contribution in [2.75, 3.05) is 18.9 Å². The Morgan fingerprint density at radius 3 is 2.97 bits per heavy atom. The standard InChI is InChI=1S/C18H19N5O6/c19-18-21-16-15(17(26)22-18)20-9-23(16)13-6-11(24)12(29-13)7-28-14(25)8-27-10-4-2-1-3-5-10/h1-5,9,11-13,24H,6-8H2,(H3,19,21,22,26)/t11-,12-,13-/m0/s1. The quantitative estimate of drug-likeness (QED) is 0.483. The molecule has 4 N–H and O–H groups in total. The third kappa shape index (κ3) is 4.05. The first-order valence-electron chi connectivity index (χ1n) is 8.90. The molecule has 3 aromatic rings. The number of ether oxygens (including phenoxy) is 3. The van der Waals surface area contributed by atoms with Gasteiger partial charge in [-0.2, -0.15) is 4.98 Å². The second-order valence-corrected chi connectivity index (χ2v) is 6.49. The first-order valence-corrected chi connectivity index (χ1v) is 8.90. The summed E-state index contributed by atoms with van der Waals surface area (Å²) in [5, 5.41) is 10.3. The average molecular weight is 401 g/mol. The molecule has 0 aliphatic carbocycles. The number of nitrogens with zero attached hydrogens (tertiary/aromatic N) is 3. The van der Waals surface area contributed by atoms with Gasteiger partial charge < -0.3 is 25.1 Å². The highest BCUT2D eigenvalue weighted by molar-refractivity contribution is 5.71. The zero-order valence-corrected chi connectivity index (χ0v) is 15.2. The van der Waals surface area contributed by atoms with E-state index in [2.05, 4.69) is 15.0 Å². The lowest BCUT2D eigenvalue weighted by atomic mass is 10.2. The van der Waals surface area contributed by atoms with E-state index in [0.717, 1.165) is 0 Å². The Hall–Kier alpha value is -3.44. The largest absolute Gasteiger partial charge is 0.482 e. The third-order valence-electron chi connectivity index (χ3n) is 4.47. The molecule has 1 saturated heterocycles. The average Bonchev–Trinajstić information content (AvgIpc) is 3.29. The van der Waals surface area contributed by atoms with Crippen molar-refractivity contribution < 1.29 is 24.1 Å². The van der Waals surface area contributed by atoms with Crippen molar-refractivity contribution in [2.24, 2.45) is 0 Å². The van der Waals surface area contributed by atoms with E-state index in [-0.39, 0.29) is 36.7 Å². The number of hydrogen-bond donors (Lipinski definition) is 3. The number of carbonyl (C=O) groups is 1. The fraction of sp³-hybridized carbons (Fsp3) is 0.333. The van der Waals surface area contributed by atoms with Gasteiger partial charge in [0.1, 0.15) is 24.7 Å². The zero-order chi connectivity index (χ0) is 20.4. The third-order valence-corrected chi connectivity index (χ3v) is 4.47. The number of aliphatic hydroxyl groups excluding tert-OH is 1. The van der Waals surface area contributed by atoms with Crippen molar-refractivity contribution in [1.82, 2.24) is 19.5 Å². The van der Waals surface area contributed by atoms with Gasteiger partial charge in [-0.05, 0) is 12.1 Å². The minimum atomic E-state index is -0.875. The van der Waals surface area contributed by atoms with Gasteiger partial charge >= 0.3 is 5.97 Å². The smallest absolute Gasteiger partial charge is 0.344 e. The number of esters is 1. The number of aromatic amines is 1. The van der Waals surface area contributed by atoms with Gasteiger partial charge in [-0.25, -0.2) is 9.78 Å². The lowest BCUT2D eigenvalue weighted by molar-refractivity contribution is -0.152. The molecular formula is C18H19N5O6. The van der Waals surface area contributed by atoms with Gasteiger partial charge in [-0.1, -0.05) is 18.2 Å². The number of nitrogen functional groups attached to an aromatic ring is 1. The number of aromatic nitrogens is 4. The summed E-state index contributed by atoms with van der Waals surface area (Å²) in [6, 6.07) is 8.87. The second kappa shape index (κ2) is 7.89.